The van der Waals surface area contributed by atoms with E-state index < -0.39 is 47.7 Å². The quantitative estimate of drug-likeness (QED) is 0.342. The number of amides is 1. The Hall–Kier alpha value is -2.88. The number of anilines is 1. The molecule has 0 saturated heterocycles. The Labute approximate surface area is 169 Å². The van der Waals surface area contributed by atoms with Crippen molar-refractivity contribution in [2.45, 2.75) is 39.5 Å². The molecule has 0 aliphatic rings. The Bertz CT molecular complexity index is 915. The van der Waals surface area contributed by atoms with Gasteiger partial charge in [0, 0.05) is 5.56 Å². The van der Waals surface area contributed by atoms with E-state index in [4.69, 9.17) is 4.74 Å². The van der Waals surface area contributed by atoms with Crippen LogP contribution in [0.4, 0.5) is 32.4 Å². The van der Waals surface area contributed by atoms with Gasteiger partial charge in [-0.05, 0) is 48.7 Å². The highest BCUT2D eigenvalue weighted by atomic mass is 19.4. The molecule has 0 aromatic heterocycles. The van der Waals surface area contributed by atoms with Crippen molar-refractivity contribution in [3.63, 3.8) is 0 Å². The van der Waals surface area contributed by atoms with Crippen molar-refractivity contribution in [2.24, 2.45) is 0 Å². The van der Waals surface area contributed by atoms with Crippen LogP contribution in [0.5, 0.6) is 5.75 Å². The van der Waals surface area contributed by atoms with Gasteiger partial charge >= 0.3 is 12.3 Å². The van der Waals surface area contributed by atoms with E-state index >= 15 is 0 Å². The molecule has 0 radical (unpaired) electrons. The van der Waals surface area contributed by atoms with Crippen LogP contribution in [0.1, 0.15) is 41.2 Å². The summed E-state index contributed by atoms with van der Waals surface area (Å²) in [6, 6.07) is 5.33. The third-order valence-electron chi connectivity index (χ3n) is 4.49. The SMILES string of the molecule is CCc1cc(C(F)F)c(OCc2c(N(O)C(=O)OC)cccc2C(F)(F)F)cc1C. The molecule has 5 nitrogen and oxygen atoms in total. The summed E-state index contributed by atoms with van der Waals surface area (Å²) in [6.45, 7) is 2.62. The number of alkyl halides is 5. The van der Waals surface area contributed by atoms with E-state index in [2.05, 4.69) is 4.74 Å². The van der Waals surface area contributed by atoms with Gasteiger partial charge in [0.25, 0.3) is 6.43 Å². The van der Waals surface area contributed by atoms with Gasteiger partial charge < -0.3 is 9.47 Å². The molecule has 164 valence electrons. The van der Waals surface area contributed by atoms with Crippen molar-refractivity contribution in [3.05, 3.63) is 58.1 Å². The predicted octanol–water partition coefficient (Wildman–Crippen LogP) is 6.05. The van der Waals surface area contributed by atoms with E-state index in [1.165, 1.54) is 12.1 Å². The van der Waals surface area contributed by atoms with Gasteiger partial charge in [0.1, 0.15) is 12.4 Å². The monoisotopic (exact) mass is 433 g/mol. The molecule has 1 N–H and O–H groups in total. The van der Waals surface area contributed by atoms with Crippen molar-refractivity contribution < 1.29 is 41.4 Å². The lowest BCUT2D eigenvalue weighted by molar-refractivity contribution is -0.138. The molecule has 2 aromatic rings. The molecule has 0 aliphatic carbocycles. The van der Waals surface area contributed by atoms with E-state index in [0.717, 1.165) is 25.3 Å². The number of aryl methyl sites for hydroxylation is 2. The van der Waals surface area contributed by atoms with Crippen LogP contribution in [-0.2, 0) is 23.9 Å². The molecule has 0 aliphatic heterocycles. The highest BCUT2D eigenvalue weighted by molar-refractivity contribution is 5.86. The zero-order valence-electron chi connectivity index (χ0n) is 16.4. The fraction of sp³-hybridized carbons (Fsp3) is 0.350. The van der Waals surface area contributed by atoms with Crippen LogP contribution in [0.2, 0.25) is 0 Å². The molecule has 2 rings (SSSR count). The Balaban J connectivity index is 2.52. The fourth-order valence-electron chi connectivity index (χ4n) is 2.95. The number of nitrogens with zero attached hydrogens (tertiary/aromatic N) is 1. The van der Waals surface area contributed by atoms with Gasteiger partial charge in [-0.3, -0.25) is 5.21 Å². The Morgan fingerprint density at radius 3 is 2.43 bits per heavy atom. The Morgan fingerprint density at radius 2 is 1.90 bits per heavy atom. The second kappa shape index (κ2) is 9.29. The number of carbonyl (C=O) groups excluding carboxylic acids is 1. The molecule has 0 unspecified atom stereocenters. The number of hydroxylamine groups is 1. The maximum Gasteiger partial charge on any atom is 0.438 e. The number of methoxy groups -OCH3 is 1. The minimum Gasteiger partial charge on any atom is -0.488 e. The van der Waals surface area contributed by atoms with Crippen LogP contribution >= 0.6 is 0 Å². The smallest absolute Gasteiger partial charge is 0.438 e. The van der Waals surface area contributed by atoms with Gasteiger partial charge in [-0.1, -0.05) is 13.0 Å². The maximum absolute atomic E-state index is 13.5. The number of halogens is 5. The number of carbonyl (C=O) groups is 1. The molecule has 0 spiro atoms. The normalized spacial score (nSPS) is 11.5. The van der Waals surface area contributed by atoms with Gasteiger partial charge in [-0.25, -0.2) is 13.6 Å². The number of hydrogen-bond donors (Lipinski definition) is 1. The molecule has 2 aromatic carbocycles. The molecule has 0 heterocycles. The van der Waals surface area contributed by atoms with Crippen molar-refractivity contribution in [2.75, 3.05) is 12.2 Å². The van der Waals surface area contributed by atoms with Crippen LogP contribution in [-0.4, -0.2) is 18.4 Å². The van der Waals surface area contributed by atoms with E-state index in [-0.39, 0.29) is 10.8 Å². The summed E-state index contributed by atoms with van der Waals surface area (Å²) in [4.78, 5) is 11.6. The summed E-state index contributed by atoms with van der Waals surface area (Å²) in [5, 5.41) is 9.82. The topological polar surface area (TPSA) is 59.0 Å². The van der Waals surface area contributed by atoms with Crippen LogP contribution in [0.3, 0.4) is 0 Å². The first kappa shape index (κ1) is 23.4. The highest BCUT2D eigenvalue weighted by Gasteiger charge is 2.36. The molecule has 0 saturated carbocycles. The standard InChI is InChI=1S/C20H20F5NO4/c1-4-12-9-13(18(21)22)17(8-11(12)2)30-10-14-15(20(23,24)25)6-5-7-16(14)26(28)19(27)29-3/h5-9,18,28H,4,10H2,1-3H3. The van der Waals surface area contributed by atoms with Gasteiger partial charge in [0.05, 0.1) is 23.9 Å². The number of rotatable bonds is 6. The third kappa shape index (κ3) is 4.99. The first-order valence-electron chi connectivity index (χ1n) is 8.81. The van der Waals surface area contributed by atoms with E-state index in [0.29, 0.717) is 17.5 Å². The molecule has 0 bridgehead atoms. The van der Waals surface area contributed by atoms with Gasteiger partial charge in [-0.2, -0.15) is 18.2 Å². The van der Waals surface area contributed by atoms with Gasteiger partial charge in [0.15, 0.2) is 0 Å². The lowest BCUT2D eigenvalue weighted by Gasteiger charge is -2.22. The number of hydrogen-bond acceptors (Lipinski definition) is 4. The average Bonchev–Trinajstić information content (AvgIpc) is 2.69. The molecule has 10 heteroatoms. The Morgan fingerprint density at radius 1 is 1.23 bits per heavy atom. The summed E-state index contributed by atoms with van der Waals surface area (Å²) in [5.41, 5.74) is -1.52. The molecule has 1 amide bonds. The fourth-order valence-corrected chi connectivity index (χ4v) is 2.95. The first-order valence-corrected chi connectivity index (χ1v) is 8.81. The zero-order valence-corrected chi connectivity index (χ0v) is 16.4. The maximum atomic E-state index is 13.5. The van der Waals surface area contributed by atoms with E-state index in [9.17, 15) is 32.0 Å². The molecule has 0 fully saturated rings. The summed E-state index contributed by atoms with van der Waals surface area (Å²) in [6.07, 6.45) is -8.59. The first-order chi connectivity index (χ1) is 14.0. The van der Waals surface area contributed by atoms with Crippen LogP contribution in [0, 0.1) is 6.92 Å². The van der Waals surface area contributed by atoms with Crippen molar-refractivity contribution in [1.82, 2.24) is 0 Å². The van der Waals surface area contributed by atoms with E-state index in [1.54, 1.807) is 13.8 Å². The summed E-state index contributed by atoms with van der Waals surface area (Å²) >= 11 is 0. The third-order valence-corrected chi connectivity index (χ3v) is 4.49. The minimum absolute atomic E-state index is 0.104. The molecule has 0 atom stereocenters. The molecular weight excluding hydrogens is 413 g/mol. The number of benzene rings is 2. The van der Waals surface area contributed by atoms with Crippen molar-refractivity contribution >= 4 is 11.8 Å². The van der Waals surface area contributed by atoms with Crippen LogP contribution in [0.15, 0.2) is 30.3 Å². The van der Waals surface area contributed by atoms with Crippen LogP contribution < -0.4 is 9.80 Å². The predicted molar refractivity (Wildman–Crippen MR) is 98.0 cm³/mol. The largest absolute Gasteiger partial charge is 0.488 e. The summed E-state index contributed by atoms with van der Waals surface area (Å²) in [5.74, 6) is -0.287. The van der Waals surface area contributed by atoms with Gasteiger partial charge in [0.2, 0.25) is 0 Å². The lowest BCUT2D eigenvalue weighted by Crippen LogP contribution is -2.29. The summed E-state index contributed by atoms with van der Waals surface area (Å²) < 4.78 is 77.0. The van der Waals surface area contributed by atoms with Crippen molar-refractivity contribution in [1.29, 1.82) is 0 Å². The van der Waals surface area contributed by atoms with Crippen molar-refractivity contribution in [3.8, 4) is 5.75 Å². The Kier molecular flexibility index (Phi) is 7.25. The minimum atomic E-state index is -4.85. The second-order valence-corrected chi connectivity index (χ2v) is 6.34. The summed E-state index contributed by atoms with van der Waals surface area (Å²) in [7, 11) is 0.933. The zero-order chi connectivity index (χ0) is 22.6. The number of ether oxygens (including phenoxy) is 2. The second-order valence-electron chi connectivity index (χ2n) is 6.34. The molecular formula is C20H20F5NO4. The van der Waals surface area contributed by atoms with Crippen LogP contribution in [0.25, 0.3) is 0 Å². The lowest BCUT2D eigenvalue weighted by atomic mass is 10.0. The van der Waals surface area contributed by atoms with E-state index in [1.807, 2.05) is 0 Å². The highest BCUT2D eigenvalue weighted by Crippen LogP contribution is 2.38. The van der Waals surface area contributed by atoms with Gasteiger partial charge in [-0.15, -0.1) is 0 Å². The average molecular weight is 433 g/mol. The molecule has 30 heavy (non-hydrogen) atoms.